The lowest BCUT2D eigenvalue weighted by atomic mass is 10.2. The smallest absolute Gasteiger partial charge is 0.323 e. The maximum Gasteiger partial charge on any atom is 0.435 e. The van der Waals surface area contributed by atoms with E-state index in [1.54, 1.807) is 24.3 Å². The topological polar surface area (TPSA) is 64.7 Å². The van der Waals surface area contributed by atoms with Crippen LogP contribution in [-0.4, -0.2) is 31.7 Å². The SMILES string of the molecule is Cc1ccc(NC(=O)c2ncc(-c3cn(CC(F)F)nc3C(F)(F)F)n2C)cc1. The summed E-state index contributed by atoms with van der Waals surface area (Å²) < 4.78 is 66.8. The molecule has 0 aliphatic carbocycles. The van der Waals surface area contributed by atoms with Crippen molar-refractivity contribution < 1.29 is 26.7 Å². The van der Waals surface area contributed by atoms with Crippen LogP contribution in [0.4, 0.5) is 27.6 Å². The molecule has 154 valence electrons. The lowest BCUT2D eigenvalue weighted by Gasteiger charge is -2.09. The number of rotatable bonds is 5. The first-order chi connectivity index (χ1) is 13.6. The first-order valence-corrected chi connectivity index (χ1v) is 8.39. The van der Waals surface area contributed by atoms with E-state index in [2.05, 4.69) is 15.4 Å². The lowest BCUT2D eigenvalue weighted by molar-refractivity contribution is -0.141. The number of hydrogen-bond donors (Lipinski definition) is 1. The Hall–Kier alpha value is -3.24. The van der Waals surface area contributed by atoms with Crippen molar-refractivity contribution in [3.8, 4) is 11.3 Å². The first-order valence-electron chi connectivity index (χ1n) is 8.39. The van der Waals surface area contributed by atoms with Crippen molar-refractivity contribution in [3.63, 3.8) is 0 Å². The Labute approximate surface area is 162 Å². The molecular weight excluding hydrogens is 397 g/mol. The molecular formula is C18H16F5N5O. The van der Waals surface area contributed by atoms with Crippen LogP contribution < -0.4 is 5.32 Å². The number of carbonyl (C=O) groups is 1. The van der Waals surface area contributed by atoms with E-state index >= 15 is 0 Å². The summed E-state index contributed by atoms with van der Waals surface area (Å²) in [6.45, 7) is 0.894. The fourth-order valence-corrected chi connectivity index (χ4v) is 2.75. The fourth-order valence-electron chi connectivity index (χ4n) is 2.75. The molecule has 0 unspecified atom stereocenters. The summed E-state index contributed by atoms with van der Waals surface area (Å²) in [7, 11) is 1.36. The molecule has 0 aliphatic rings. The fraction of sp³-hybridized carbons (Fsp3) is 0.278. The monoisotopic (exact) mass is 413 g/mol. The van der Waals surface area contributed by atoms with E-state index < -0.39 is 36.3 Å². The van der Waals surface area contributed by atoms with Gasteiger partial charge in [-0.2, -0.15) is 18.3 Å². The Morgan fingerprint density at radius 1 is 1.21 bits per heavy atom. The Morgan fingerprint density at radius 2 is 1.86 bits per heavy atom. The highest BCUT2D eigenvalue weighted by Crippen LogP contribution is 2.36. The van der Waals surface area contributed by atoms with Crippen molar-refractivity contribution in [1.29, 1.82) is 0 Å². The third-order valence-corrected chi connectivity index (χ3v) is 4.13. The summed E-state index contributed by atoms with van der Waals surface area (Å²) in [5.41, 5.74) is -0.366. The lowest BCUT2D eigenvalue weighted by Crippen LogP contribution is -2.17. The molecule has 3 rings (SSSR count). The van der Waals surface area contributed by atoms with Gasteiger partial charge in [0.1, 0.15) is 6.54 Å². The van der Waals surface area contributed by atoms with Gasteiger partial charge in [0.2, 0.25) is 0 Å². The molecule has 3 aromatic rings. The third kappa shape index (κ3) is 4.44. The summed E-state index contributed by atoms with van der Waals surface area (Å²) in [5, 5.41) is 5.84. The van der Waals surface area contributed by atoms with Crippen LogP contribution in [0, 0.1) is 6.92 Å². The molecule has 29 heavy (non-hydrogen) atoms. The van der Waals surface area contributed by atoms with Crippen molar-refractivity contribution in [2.24, 2.45) is 7.05 Å². The highest BCUT2D eigenvalue weighted by atomic mass is 19.4. The van der Waals surface area contributed by atoms with E-state index in [-0.39, 0.29) is 11.5 Å². The van der Waals surface area contributed by atoms with Crippen molar-refractivity contribution in [2.45, 2.75) is 26.1 Å². The number of anilines is 1. The second-order valence-electron chi connectivity index (χ2n) is 6.35. The average molecular weight is 413 g/mol. The quantitative estimate of drug-likeness (QED) is 0.640. The number of nitrogens with one attached hydrogen (secondary N) is 1. The van der Waals surface area contributed by atoms with Crippen LogP contribution in [0.25, 0.3) is 11.3 Å². The van der Waals surface area contributed by atoms with Gasteiger partial charge in [0, 0.05) is 18.9 Å². The van der Waals surface area contributed by atoms with E-state index in [1.807, 2.05) is 6.92 Å². The van der Waals surface area contributed by atoms with Gasteiger partial charge in [0.25, 0.3) is 12.3 Å². The zero-order valence-electron chi connectivity index (χ0n) is 15.3. The van der Waals surface area contributed by atoms with Crippen molar-refractivity contribution in [2.75, 3.05) is 5.32 Å². The molecule has 1 aromatic carbocycles. The average Bonchev–Trinajstić information content (AvgIpc) is 3.19. The number of carbonyl (C=O) groups excluding carboxylic acids is 1. The summed E-state index contributed by atoms with van der Waals surface area (Å²) >= 11 is 0. The van der Waals surface area contributed by atoms with Gasteiger partial charge in [-0.25, -0.2) is 13.8 Å². The van der Waals surface area contributed by atoms with E-state index in [9.17, 15) is 26.7 Å². The summed E-state index contributed by atoms with van der Waals surface area (Å²) in [6, 6.07) is 6.92. The van der Waals surface area contributed by atoms with Gasteiger partial charge in [-0.15, -0.1) is 0 Å². The predicted octanol–water partition coefficient (Wildman–Crippen LogP) is 4.13. The molecule has 0 aliphatic heterocycles. The van der Waals surface area contributed by atoms with Crippen molar-refractivity contribution >= 4 is 11.6 Å². The van der Waals surface area contributed by atoms with Crippen LogP contribution in [0.5, 0.6) is 0 Å². The molecule has 0 fully saturated rings. The zero-order chi connectivity index (χ0) is 21.3. The van der Waals surface area contributed by atoms with Crippen LogP contribution in [0.2, 0.25) is 0 Å². The predicted molar refractivity (Wildman–Crippen MR) is 94.6 cm³/mol. The number of amides is 1. The van der Waals surface area contributed by atoms with Crippen LogP contribution in [-0.2, 0) is 19.8 Å². The Kier molecular flexibility index (Phi) is 5.40. The number of aromatic nitrogens is 4. The maximum atomic E-state index is 13.3. The molecule has 0 atom stereocenters. The van der Waals surface area contributed by atoms with Gasteiger partial charge < -0.3 is 9.88 Å². The van der Waals surface area contributed by atoms with E-state index in [4.69, 9.17) is 0 Å². The minimum Gasteiger partial charge on any atom is -0.323 e. The Balaban J connectivity index is 1.95. The number of hydrogen-bond acceptors (Lipinski definition) is 3. The van der Waals surface area contributed by atoms with Gasteiger partial charge in [-0.1, -0.05) is 17.7 Å². The van der Waals surface area contributed by atoms with Gasteiger partial charge in [-0.3, -0.25) is 9.48 Å². The molecule has 6 nitrogen and oxygen atoms in total. The van der Waals surface area contributed by atoms with Gasteiger partial charge in [0.05, 0.1) is 17.5 Å². The number of imidazole rings is 1. The number of benzene rings is 1. The summed E-state index contributed by atoms with van der Waals surface area (Å²) in [5.74, 6) is -0.772. The van der Waals surface area contributed by atoms with Gasteiger partial charge in [-0.05, 0) is 19.1 Å². The van der Waals surface area contributed by atoms with Gasteiger partial charge in [0.15, 0.2) is 11.5 Å². The molecule has 0 bridgehead atoms. The van der Waals surface area contributed by atoms with E-state index in [1.165, 1.54) is 7.05 Å². The van der Waals surface area contributed by atoms with E-state index in [0.717, 1.165) is 22.5 Å². The zero-order valence-corrected chi connectivity index (χ0v) is 15.3. The second-order valence-corrected chi connectivity index (χ2v) is 6.35. The van der Waals surface area contributed by atoms with Gasteiger partial charge >= 0.3 is 6.18 Å². The second kappa shape index (κ2) is 7.64. The van der Waals surface area contributed by atoms with Crippen LogP contribution in [0.1, 0.15) is 21.9 Å². The number of halogens is 5. The Bertz CT molecular complexity index is 1020. The van der Waals surface area contributed by atoms with E-state index in [0.29, 0.717) is 10.4 Å². The van der Waals surface area contributed by atoms with Crippen LogP contribution in [0.15, 0.2) is 36.7 Å². The molecule has 0 spiro atoms. The normalized spacial score (nSPS) is 11.9. The Morgan fingerprint density at radius 3 is 2.45 bits per heavy atom. The summed E-state index contributed by atoms with van der Waals surface area (Å²) in [4.78, 5) is 16.4. The van der Waals surface area contributed by atoms with Crippen LogP contribution in [0.3, 0.4) is 0 Å². The third-order valence-electron chi connectivity index (χ3n) is 4.13. The first kappa shape index (κ1) is 20.5. The standard InChI is InChI=1S/C18H16F5N5O/c1-10-3-5-11(6-4-10)25-17(29)16-24-7-13(27(16)2)12-8-28(9-14(19)20)26-15(12)18(21,22)23/h3-8,14H,9H2,1-2H3,(H,25,29). The minimum absolute atomic E-state index is 0.0769. The molecule has 1 amide bonds. The van der Waals surface area contributed by atoms with Crippen molar-refractivity contribution in [1.82, 2.24) is 19.3 Å². The minimum atomic E-state index is -4.86. The molecule has 2 heterocycles. The maximum absolute atomic E-state index is 13.3. The molecule has 2 aromatic heterocycles. The molecule has 0 saturated heterocycles. The molecule has 11 heteroatoms. The number of alkyl halides is 5. The summed E-state index contributed by atoms with van der Waals surface area (Å²) in [6.07, 6.45) is -5.79. The molecule has 1 N–H and O–H groups in total. The number of nitrogens with zero attached hydrogens (tertiary/aromatic N) is 4. The number of aryl methyl sites for hydroxylation is 1. The highest BCUT2D eigenvalue weighted by Gasteiger charge is 2.38. The molecule has 0 radical (unpaired) electrons. The highest BCUT2D eigenvalue weighted by molar-refractivity contribution is 6.02. The largest absolute Gasteiger partial charge is 0.435 e. The van der Waals surface area contributed by atoms with Crippen LogP contribution >= 0.6 is 0 Å². The molecule has 0 saturated carbocycles. The van der Waals surface area contributed by atoms with Crippen molar-refractivity contribution in [3.05, 3.63) is 53.7 Å².